The molecule has 0 aliphatic rings. The van der Waals surface area contributed by atoms with E-state index in [0.29, 0.717) is 5.75 Å². The van der Waals surface area contributed by atoms with Gasteiger partial charge in [0.1, 0.15) is 0 Å². The second kappa shape index (κ2) is 6.44. The molecule has 1 atom stereocenters. The number of hydrogen-bond donors (Lipinski definition) is 2. The smallest absolute Gasteiger partial charge is 0.160 e. The van der Waals surface area contributed by atoms with Crippen LogP contribution in [0.25, 0.3) is 0 Å². The summed E-state index contributed by atoms with van der Waals surface area (Å²) in [7, 11) is 1.53. The fourth-order valence-corrected chi connectivity index (χ4v) is 2.46. The molecule has 0 aromatic heterocycles. The van der Waals surface area contributed by atoms with Crippen molar-refractivity contribution in [2.24, 2.45) is 0 Å². The molecule has 0 bridgehead atoms. The van der Waals surface area contributed by atoms with Crippen molar-refractivity contribution in [1.29, 1.82) is 0 Å². The molecule has 0 amide bonds. The Morgan fingerprint density at radius 2 is 1.85 bits per heavy atom. The molecule has 2 N–H and O–H groups in total. The van der Waals surface area contributed by atoms with E-state index in [4.69, 9.17) is 4.74 Å². The summed E-state index contributed by atoms with van der Waals surface area (Å²) in [5.74, 6) is 0.735. The molecule has 3 heteroatoms. The SMILES string of the molecule is COc1cc(C(C)Cc2ccccc2)c(CO)cc1O. The Balaban J connectivity index is 2.30. The Morgan fingerprint density at radius 3 is 2.45 bits per heavy atom. The summed E-state index contributed by atoms with van der Waals surface area (Å²) < 4.78 is 5.15. The zero-order chi connectivity index (χ0) is 14.5. The summed E-state index contributed by atoms with van der Waals surface area (Å²) in [4.78, 5) is 0. The van der Waals surface area contributed by atoms with Gasteiger partial charge in [-0.25, -0.2) is 0 Å². The highest BCUT2D eigenvalue weighted by Gasteiger charge is 2.15. The van der Waals surface area contributed by atoms with Gasteiger partial charge in [-0.3, -0.25) is 0 Å². The van der Waals surface area contributed by atoms with Gasteiger partial charge in [0, 0.05) is 0 Å². The number of phenols is 1. The van der Waals surface area contributed by atoms with Gasteiger partial charge >= 0.3 is 0 Å². The number of aliphatic hydroxyl groups excluding tert-OH is 1. The summed E-state index contributed by atoms with van der Waals surface area (Å²) >= 11 is 0. The van der Waals surface area contributed by atoms with Gasteiger partial charge in [0.25, 0.3) is 0 Å². The van der Waals surface area contributed by atoms with Crippen LogP contribution in [0.1, 0.15) is 29.5 Å². The van der Waals surface area contributed by atoms with Gasteiger partial charge < -0.3 is 14.9 Å². The number of phenolic OH excluding ortho intramolecular Hbond substituents is 1. The van der Waals surface area contributed by atoms with Crippen molar-refractivity contribution in [2.45, 2.75) is 25.9 Å². The monoisotopic (exact) mass is 272 g/mol. The van der Waals surface area contributed by atoms with Crippen LogP contribution in [-0.4, -0.2) is 17.3 Å². The van der Waals surface area contributed by atoms with Crippen LogP contribution in [0.3, 0.4) is 0 Å². The number of ether oxygens (including phenoxy) is 1. The number of benzene rings is 2. The molecule has 2 aromatic rings. The second-order valence-corrected chi connectivity index (χ2v) is 4.97. The van der Waals surface area contributed by atoms with E-state index in [1.54, 1.807) is 6.07 Å². The fourth-order valence-electron chi connectivity index (χ4n) is 2.46. The van der Waals surface area contributed by atoms with E-state index in [9.17, 15) is 10.2 Å². The molecule has 0 aliphatic heterocycles. The van der Waals surface area contributed by atoms with Gasteiger partial charge in [-0.05, 0) is 41.2 Å². The first-order valence-corrected chi connectivity index (χ1v) is 6.70. The predicted octanol–water partition coefficient (Wildman–Crippen LogP) is 3.24. The summed E-state index contributed by atoms with van der Waals surface area (Å²) in [6.07, 6.45) is 0.877. The van der Waals surface area contributed by atoms with E-state index in [2.05, 4.69) is 19.1 Å². The standard InChI is InChI=1S/C17H20O3/c1-12(8-13-6-4-3-5-7-13)15-10-17(20-2)16(19)9-14(15)11-18/h3-7,9-10,12,18-19H,8,11H2,1-2H3. The molecule has 0 fully saturated rings. The van der Waals surface area contributed by atoms with E-state index in [1.807, 2.05) is 24.3 Å². The molecule has 0 heterocycles. The highest BCUT2D eigenvalue weighted by Crippen LogP contribution is 2.34. The number of rotatable bonds is 5. The van der Waals surface area contributed by atoms with Crippen molar-refractivity contribution in [3.8, 4) is 11.5 Å². The van der Waals surface area contributed by atoms with Crippen molar-refractivity contribution >= 4 is 0 Å². The maximum Gasteiger partial charge on any atom is 0.160 e. The van der Waals surface area contributed by atoms with Crippen LogP contribution in [-0.2, 0) is 13.0 Å². The minimum Gasteiger partial charge on any atom is -0.504 e. The first-order valence-electron chi connectivity index (χ1n) is 6.70. The fraction of sp³-hybridized carbons (Fsp3) is 0.294. The minimum atomic E-state index is -0.0913. The van der Waals surface area contributed by atoms with Gasteiger partial charge in [0.2, 0.25) is 0 Å². The van der Waals surface area contributed by atoms with Crippen molar-refractivity contribution in [2.75, 3.05) is 7.11 Å². The van der Waals surface area contributed by atoms with Crippen LogP contribution < -0.4 is 4.74 Å². The van der Waals surface area contributed by atoms with Crippen LogP contribution >= 0.6 is 0 Å². The number of aromatic hydroxyl groups is 1. The topological polar surface area (TPSA) is 49.7 Å². The Hall–Kier alpha value is -2.00. The van der Waals surface area contributed by atoms with E-state index in [-0.39, 0.29) is 18.3 Å². The van der Waals surface area contributed by atoms with Gasteiger partial charge in [-0.15, -0.1) is 0 Å². The molecular weight excluding hydrogens is 252 g/mol. The molecule has 0 saturated heterocycles. The third-order valence-corrected chi connectivity index (χ3v) is 3.53. The maximum atomic E-state index is 9.78. The largest absolute Gasteiger partial charge is 0.504 e. The van der Waals surface area contributed by atoms with E-state index in [0.717, 1.165) is 17.5 Å². The lowest BCUT2D eigenvalue weighted by Gasteiger charge is -2.18. The van der Waals surface area contributed by atoms with E-state index in [1.165, 1.54) is 12.7 Å². The average Bonchev–Trinajstić information content (AvgIpc) is 2.47. The van der Waals surface area contributed by atoms with Crippen LogP contribution in [0.15, 0.2) is 42.5 Å². The molecule has 1 unspecified atom stereocenters. The molecule has 0 radical (unpaired) electrons. The van der Waals surface area contributed by atoms with Crippen molar-refractivity contribution in [1.82, 2.24) is 0 Å². The summed E-state index contributed by atoms with van der Waals surface area (Å²) in [6, 6.07) is 13.6. The summed E-state index contributed by atoms with van der Waals surface area (Å²) in [5.41, 5.74) is 2.99. The highest BCUT2D eigenvalue weighted by molar-refractivity contribution is 5.47. The molecule has 0 aliphatic carbocycles. The van der Waals surface area contributed by atoms with Crippen molar-refractivity contribution in [3.63, 3.8) is 0 Å². The van der Waals surface area contributed by atoms with Gasteiger partial charge in [-0.2, -0.15) is 0 Å². The van der Waals surface area contributed by atoms with Crippen LogP contribution in [0.2, 0.25) is 0 Å². The Bertz CT molecular complexity index is 564. The number of aliphatic hydroxyl groups is 1. The average molecular weight is 272 g/mol. The maximum absolute atomic E-state index is 9.78. The molecular formula is C17H20O3. The lowest BCUT2D eigenvalue weighted by molar-refractivity contribution is 0.278. The van der Waals surface area contributed by atoms with Gasteiger partial charge in [0.05, 0.1) is 13.7 Å². The van der Waals surface area contributed by atoms with Crippen LogP contribution in [0.5, 0.6) is 11.5 Å². The Kier molecular flexibility index (Phi) is 4.64. The van der Waals surface area contributed by atoms with E-state index >= 15 is 0 Å². The van der Waals surface area contributed by atoms with Crippen LogP contribution in [0, 0.1) is 0 Å². The van der Waals surface area contributed by atoms with Gasteiger partial charge in [-0.1, -0.05) is 37.3 Å². The molecule has 0 spiro atoms. The molecule has 106 valence electrons. The second-order valence-electron chi connectivity index (χ2n) is 4.97. The van der Waals surface area contributed by atoms with Gasteiger partial charge in [0.15, 0.2) is 11.5 Å². The highest BCUT2D eigenvalue weighted by atomic mass is 16.5. The molecule has 0 saturated carbocycles. The first kappa shape index (κ1) is 14.4. The first-order chi connectivity index (χ1) is 9.65. The Labute approximate surface area is 119 Å². The Morgan fingerprint density at radius 1 is 1.15 bits per heavy atom. The molecule has 2 rings (SSSR count). The van der Waals surface area contributed by atoms with Crippen LogP contribution in [0.4, 0.5) is 0 Å². The minimum absolute atomic E-state index is 0.0622. The van der Waals surface area contributed by atoms with Crippen molar-refractivity contribution < 1.29 is 14.9 Å². The number of hydrogen-bond acceptors (Lipinski definition) is 3. The summed E-state index contributed by atoms with van der Waals surface area (Å²) in [5, 5.41) is 19.3. The molecule has 3 nitrogen and oxygen atoms in total. The predicted molar refractivity (Wildman–Crippen MR) is 79.1 cm³/mol. The molecule has 20 heavy (non-hydrogen) atoms. The number of methoxy groups -OCH3 is 1. The summed E-state index contributed by atoms with van der Waals surface area (Å²) in [6.45, 7) is 2.02. The quantitative estimate of drug-likeness (QED) is 0.878. The third-order valence-electron chi connectivity index (χ3n) is 3.53. The third kappa shape index (κ3) is 3.11. The van der Waals surface area contributed by atoms with E-state index < -0.39 is 0 Å². The lowest BCUT2D eigenvalue weighted by Crippen LogP contribution is -2.04. The zero-order valence-electron chi connectivity index (χ0n) is 11.8. The van der Waals surface area contributed by atoms with Crippen molar-refractivity contribution in [3.05, 3.63) is 59.2 Å². The zero-order valence-corrected chi connectivity index (χ0v) is 11.8. The normalized spacial score (nSPS) is 12.2. The lowest BCUT2D eigenvalue weighted by atomic mass is 9.90. The molecule has 2 aromatic carbocycles.